The van der Waals surface area contributed by atoms with Gasteiger partial charge in [-0.05, 0) is 37.6 Å². The molecular weight excluding hydrogens is 366 g/mol. The van der Waals surface area contributed by atoms with E-state index in [0.29, 0.717) is 16.9 Å². The summed E-state index contributed by atoms with van der Waals surface area (Å²) in [6.07, 6.45) is 0.631. The van der Waals surface area contributed by atoms with Gasteiger partial charge in [0.05, 0.1) is 17.1 Å². The van der Waals surface area contributed by atoms with Crippen molar-refractivity contribution >= 4 is 23.5 Å². The van der Waals surface area contributed by atoms with Crippen LogP contribution in [0.1, 0.15) is 29.8 Å². The maximum absolute atomic E-state index is 12.5. The molecular formula is C20H17NO7. The molecule has 8 heteroatoms. The van der Waals surface area contributed by atoms with Crippen LogP contribution in [-0.4, -0.2) is 29.4 Å². The van der Waals surface area contributed by atoms with E-state index in [1.807, 2.05) is 0 Å². The molecule has 1 atom stereocenters. The van der Waals surface area contributed by atoms with Crippen LogP contribution in [0.5, 0.6) is 11.5 Å². The number of allylic oxidation sites excluding steroid dienone is 1. The zero-order valence-electron chi connectivity index (χ0n) is 15.2. The minimum Gasteiger partial charge on any atom is -0.479 e. The Kier molecular flexibility index (Phi) is 5.39. The number of esters is 1. The van der Waals surface area contributed by atoms with Gasteiger partial charge in [0.25, 0.3) is 5.69 Å². The van der Waals surface area contributed by atoms with Gasteiger partial charge in [-0.1, -0.05) is 12.1 Å². The molecule has 8 nitrogen and oxygen atoms in total. The number of ketones is 1. The van der Waals surface area contributed by atoms with E-state index in [1.54, 1.807) is 32.0 Å². The number of non-ortho nitro benzene ring substituents is 1. The van der Waals surface area contributed by atoms with Gasteiger partial charge in [-0.15, -0.1) is 0 Å². The average Bonchev–Trinajstić information content (AvgIpc) is 2.97. The maximum atomic E-state index is 12.5. The number of nitro groups is 1. The summed E-state index contributed by atoms with van der Waals surface area (Å²) in [4.78, 5) is 34.6. The Hall–Kier alpha value is -3.68. The van der Waals surface area contributed by atoms with Gasteiger partial charge in [0, 0.05) is 18.2 Å². The van der Waals surface area contributed by atoms with Gasteiger partial charge in [0.1, 0.15) is 11.5 Å². The number of nitro benzene ring substituents is 1. The fraction of sp³-hybridized carbons (Fsp3) is 0.200. The van der Waals surface area contributed by atoms with Gasteiger partial charge < -0.3 is 14.2 Å². The predicted molar refractivity (Wildman–Crippen MR) is 99.2 cm³/mol. The molecule has 1 heterocycles. The molecule has 144 valence electrons. The second-order valence-corrected chi connectivity index (χ2v) is 5.96. The van der Waals surface area contributed by atoms with Crippen LogP contribution in [-0.2, 0) is 9.53 Å². The Labute approximate surface area is 160 Å². The van der Waals surface area contributed by atoms with Crippen LogP contribution >= 0.6 is 0 Å². The molecule has 0 saturated heterocycles. The van der Waals surface area contributed by atoms with Crippen LogP contribution in [0.4, 0.5) is 5.69 Å². The van der Waals surface area contributed by atoms with Gasteiger partial charge >= 0.3 is 5.97 Å². The molecule has 0 fully saturated rings. The number of hydrogen-bond acceptors (Lipinski definition) is 7. The Morgan fingerprint density at radius 2 is 2.07 bits per heavy atom. The minimum atomic E-state index is -0.810. The van der Waals surface area contributed by atoms with E-state index >= 15 is 0 Å². The molecule has 1 aliphatic heterocycles. The maximum Gasteiger partial charge on any atom is 0.347 e. The summed E-state index contributed by atoms with van der Waals surface area (Å²) < 4.78 is 16.0. The second-order valence-electron chi connectivity index (χ2n) is 5.96. The molecule has 3 rings (SSSR count). The van der Waals surface area contributed by atoms with Crippen molar-refractivity contribution in [1.82, 2.24) is 0 Å². The van der Waals surface area contributed by atoms with Crippen molar-refractivity contribution in [1.29, 1.82) is 0 Å². The number of carbonyl (C=O) groups excluding carboxylic acids is 2. The number of nitrogens with zero attached hydrogens (tertiary/aromatic N) is 1. The fourth-order valence-electron chi connectivity index (χ4n) is 2.63. The van der Waals surface area contributed by atoms with Crippen LogP contribution in [0.25, 0.3) is 6.08 Å². The van der Waals surface area contributed by atoms with Crippen molar-refractivity contribution in [3.05, 3.63) is 69.5 Å². The van der Waals surface area contributed by atoms with Crippen LogP contribution in [0.3, 0.4) is 0 Å². The zero-order chi connectivity index (χ0) is 20.3. The normalized spacial score (nSPS) is 14.9. The summed E-state index contributed by atoms with van der Waals surface area (Å²) in [6.45, 7) is 3.51. The van der Waals surface area contributed by atoms with Crippen molar-refractivity contribution in [3.63, 3.8) is 0 Å². The highest BCUT2D eigenvalue weighted by atomic mass is 16.6. The highest BCUT2D eigenvalue weighted by Crippen LogP contribution is 2.35. The number of fused-ring (bicyclic) bond motifs is 1. The highest BCUT2D eigenvalue weighted by Gasteiger charge is 2.28. The first-order valence-electron chi connectivity index (χ1n) is 8.55. The van der Waals surface area contributed by atoms with E-state index in [4.69, 9.17) is 14.2 Å². The monoisotopic (exact) mass is 383 g/mol. The summed E-state index contributed by atoms with van der Waals surface area (Å²) in [5.74, 6) is -0.150. The Morgan fingerprint density at radius 1 is 1.29 bits per heavy atom. The summed E-state index contributed by atoms with van der Waals surface area (Å²) in [7, 11) is 0. The number of benzene rings is 2. The molecule has 0 bridgehead atoms. The second kappa shape index (κ2) is 7.91. The highest BCUT2D eigenvalue weighted by molar-refractivity contribution is 6.14. The summed E-state index contributed by atoms with van der Waals surface area (Å²) >= 11 is 0. The molecule has 2 aromatic rings. The lowest BCUT2D eigenvalue weighted by molar-refractivity contribution is -0.384. The van der Waals surface area contributed by atoms with E-state index in [0.717, 1.165) is 0 Å². The first kappa shape index (κ1) is 19.1. The van der Waals surface area contributed by atoms with Gasteiger partial charge in [0.2, 0.25) is 5.78 Å². The van der Waals surface area contributed by atoms with Crippen LogP contribution in [0.2, 0.25) is 0 Å². The molecule has 0 N–H and O–H groups in total. The van der Waals surface area contributed by atoms with Crippen molar-refractivity contribution in [2.75, 3.05) is 6.61 Å². The van der Waals surface area contributed by atoms with Crippen molar-refractivity contribution in [2.45, 2.75) is 20.0 Å². The van der Waals surface area contributed by atoms with E-state index in [2.05, 4.69) is 0 Å². The van der Waals surface area contributed by atoms with Crippen LogP contribution in [0, 0.1) is 10.1 Å². The summed E-state index contributed by atoms with van der Waals surface area (Å²) in [5, 5.41) is 10.9. The molecule has 0 spiro atoms. The van der Waals surface area contributed by atoms with E-state index in [9.17, 15) is 19.7 Å². The summed E-state index contributed by atoms with van der Waals surface area (Å²) in [6, 6.07) is 10.5. The molecule has 0 amide bonds. The van der Waals surface area contributed by atoms with E-state index in [1.165, 1.54) is 30.3 Å². The third-order valence-electron chi connectivity index (χ3n) is 3.95. The molecule has 0 radical (unpaired) electrons. The molecule has 0 aromatic heterocycles. The van der Waals surface area contributed by atoms with Gasteiger partial charge in [-0.3, -0.25) is 14.9 Å². The first-order valence-corrected chi connectivity index (χ1v) is 8.55. The van der Waals surface area contributed by atoms with Crippen molar-refractivity contribution < 1.29 is 28.7 Å². The largest absolute Gasteiger partial charge is 0.479 e. The van der Waals surface area contributed by atoms with Crippen molar-refractivity contribution in [3.8, 4) is 11.5 Å². The van der Waals surface area contributed by atoms with Crippen LogP contribution < -0.4 is 9.47 Å². The Morgan fingerprint density at radius 3 is 2.79 bits per heavy atom. The zero-order valence-corrected chi connectivity index (χ0v) is 15.2. The number of Topliss-reactive ketones (excluding diaryl/α,β-unsaturated/α-hetero) is 1. The number of carbonyl (C=O) groups is 2. The van der Waals surface area contributed by atoms with Crippen LogP contribution in [0.15, 0.2) is 48.2 Å². The molecule has 0 aliphatic carbocycles. The number of ether oxygens (including phenoxy) is 3. The van der Waals surface area contributed by atoms with Gasteiger partial charge in [0.15, 0.2) is 11.9 Å². The molecule has 0 unspecified atom stereocenters. The lowest BCUT2D eigenvalue weighted by Crippen LogP contribution is -2.26. The number of rotatable bonds is 6. The molecule has 1 aliphatic rings. The van der Waals surface area contributed by atoms with E-state index in [-0.39, 0.29) is 29.6 Å². The fourth-order valence-corrected chi connectivity index (χ4v) is 2.63. The topological polar surface area (TPSA) is 105 Å². The SMILES string of the molecule is CCOC(=O)[C@@H](C)Oc1ccc2c(c1)O/C(=C/c1cccc([N+](=O)[O-])c1)C2=O. The predicted octanol–water partition coefficient (Wildman–Crippen LogP) is 3.54. The third-order valence-corrected chi connectivity index (χ3v) is 3.95. The lowest BCUT2D eigenvalue weighted by Gasteiger charge is -2.13. The average molecular weight is 383 g/mol. The summed E-state index contributed by atoms with van der Waals surface area (Å²) in [5.41, 5.74) is 0.728. The van der Waals surface area contributed by atoms with Crippen molar-refractivity contribution in [2.24, 2.45) is 0 Å². The number of hydrogen-bond donors (Lipinski definition) is 0. The molecule has 0 saturated carbocycles. The molecule has 28 heavy (non-hydrogen) atoms. The minimum absolute atomic E-state index is 0.0473. The Balaban J connectivity index is 1.80. The first-order chi connectivity index (χ1) is 13.4. The third kappa shape index (κ3) is 4.01. The standard InChI is InChI=1S/C20H17NO7/c1-3-26-20(23)12(2)27-15-7-8-16-17(11-15)28-18(19(16)22)10-13-5-4-6-14(9-13)21(24)25/h4-12H,3H2,1-2H3/b18-10+/t12-/m1/s1. The Bertz CT molecular complexity index is 980. The quantitative estimate of drug-likeness (QED) is 0.325. The van der Waals surface area contributed by atoms with Gasteiger partial charge in [-0.2, -0.15) is 0 Å². The van der Waals surface area contributed by atoms with E-state index < -0.39 is 17.0 Å². The lowest BCUT2D eigenvalue weighted by atomic mass is 10.1. The smallest absolute Gasteiger partial charge is 0.347 e. The van der Waals surface area contributed by atoms with Gasteiger partial charge in [-0.25, -0.2) is 4.79 Å². The molecule has 2 aromatic carbocycles.